The van der Waals surface area contributed by atoms with Crippen molar-refractivity contribution >= 4 is 16.9 Å². The minimum Gasteiger partial charge on any atom is -0.497 e. The number of amides is 1. The maximum Gasteiger partial charge on any atom is 0.224 e. The SMILES string of the molecule is COc1ccc2c(CC(=O)NC3CCCCCC3)coc2c1. The first-order valence-electron chi connectivity index (χ1n) is 8.10. The summed E-state index contributed by atoms with van der Waals surface area (Å²) < 4.78 is 10.7. The molecule has 0 radical (unpaired) electrons. The van der Waals surface area contributed by atoms with Crippen LogP contribution in [0.1, 0.15) is 44.1 Å². The van der Waals surface area contributed by atoms with Gasteiger partial charge in [-0.1, -0.05) is 25.7 Å². The van der Waals surface area contributed by atoms with Crippen molar-refractivity contribution in [1.29, 1.82) is 0 Å². The van der Waals surface area contributed by atoms with Crippen LogP contribution in [-0.4, -0.2) is 19.1 Å². The predicted molar refractivity (Wildman–Crippen MR) is 86.1 cm³/mol. The highest BCUT2D eigenvalue weighted by atomic mass is 16.5. The van der Waals surface area contributed by atoms with Gasteiger partial charge in [0.25, 0.3) is 0 Å². The molecule has 4 nitrogen and oxygen atoms in total. The number of fused-ring (bicyclic) bond motifs is 1. The molecule has 1 aromatic heterocycles. The standard InChI is InChI=1S/C18H23NO3/c1-21-15-8-9-16-13(12-22-17(16)11-15)10-18(20)19-14-6-4-2-3-5-7-14/h8-9,11-12,14H,2-7,10H2,1H3,(H,19,20). The molecule has 1 fully saturated rings. The average Bonchev–Trinajstić information content (AvgIpc) is 2.74. The second-order valence-corrected chi connectivity index (χ2v) is 6.06. The Bertz CT molecular complexity index is 639. The lowest BCUT2D eigenvalue weighted by Gasteiger charge is -2.15. The van der Waals surface area contributed by atoms with Crippen molar-refractivity contribution in [3.8, 4) is 5.75 Å². The second-order valence-electron chi connectivity index (χ2n) is 6.06. The van der Waals surface area contributed by atoms with Crippen molar-refractivity contribution in [2.75, 3.05) is 7.11 Å². The third-order valence-electron chi connectivity index (χ3n) is 4.43. The van der Waals surface area contributed by atoms with E-state index in [2.05, 4.69) is 5.32 Å². The van der Waals surface area contributed by atoms with Crippen molar-refractivity contribution < 1.29 is 13.9 Å². The molecule has 2 aromatic rings. The van der Waals surface area contributed by atoms with Crippen LogP contribution in [-0.2, 0) is 11.2 Å². The van der Waals surface area contributed by atoms with Crippen LogP contribution in [0.5, 0.6) is 5.75 Å². The Morgan fingerprint density at radius 3 is 2.77 bits per heavy atom. The van der Waals surface area contributed by atoms with E-state index < -0.39 is 0 Å². The maximum atomic E-state index is 12.3. The fraction of sp³-hybridized carbons (Fsp3) is 0.500. The van der Waals surface area contributed by atoms with Crippen molar-refractivity contribution in [2.45, 2.75) is 51.0 Å². The van der Waals surface area contributed by atoms with E-state index >= 15 is 0 Å². The van der Waals surface area contributed by atoms with Crippen molar-refractivity contribution in [3.63, 3.8) is 0 Å². The molecule has 1 aliphatic rings. The third-order valence-corrected chi connectivity index (χ3v) is 4.43. The lowest BCUT2D eigenvalue weighted by molar-refractivity contribution is -0.121. The van der Waals surface area contributed by atoms with E-state index in [-0.39, 0.29) is 5.91 Å². The fourth-order valence-corrected chi connectivity index (χ4v) is 3.20. The van der Waals surface area contributed by atoms with Gasteiger partial charge >= 0.3 is 0 Å². The first-order chi connectivity index (χ1) is 10.8. The van der Waals surface area contributed by atoms with Gasteiger partial charge in [0.1, 0.15) is 11.3 Å². The summed E-state index contributed by atoms with van der Waals surface area (Å²) in [5.74, 6) is 0.849. The van der Waals surface area contributed by atoms with E-state index in [1.165, 1.54) is 25.7 Å². The largest absolute Gasteiger partial charge is 0.497 e. The molecule has 0 unspecified atom stereocenters. The topological polar surface area (TPSA) is 51.5 Å². The number of hydrogen-bond donors (Lipinski definition) is 1. The van der Waals surface area contributed by atoms with E-state index in [1.54, 1.807) is 13.4 Å². The van der Waals surface area contributed by atoms with Crippen LogP contribution in [0.25, 0.3) is 11.0 Å². The summed E-state index contributed by atoms with van der Waals surface area (Å²) in [5.41, 5.74) is 1.69. The van der Waals surface area contributed by atoms with Crippen LogP contribution >= 0.6 is 0 Å². The highest BCUT2D eigenvalue weighted by Crippen LogP contribution is 2.26. The van der Waals surface area contributed by atoms with Gasteiger partial charge in [0.2, 0.25) is 5.91 Å². The molecule has 0 spiro atoms. The average molecular weight is 301 g/mol. The Morgan fingerprint density at radius 2 is 2.05 bits per heavy atom. The lowest BCUT2D eigenvalue weighted by Crippen LogP contribution is -2.35. The van der Waals surface area contributed by atoms with E-state index in [1.807, 2.05) is 18.2 Å². The van der Waals surface area contributed by atoms with Gasteiger partial charge in [0, 0.05) is 23.1 Å². The minimum atomic E-state index is 0.0884. The third kappa shape index (κ3) is 3.43. The zero-order chi connectivity index (χ0) is 15.4. The summed E-state index contributed by atoms with van der Waals surface area (Å²) in [6.45, 7) is 0. The molecule has 3 rings (SSSR count). The van der Waals surface area contributed by atoms with Crippen molar-refractivity contribution in [3.05, 3.63) is 30.0 Å². The highest BCUT2D eigenvalue weighted by Gasteiger charge is 2.16. The molecule has 0 atom stereocenters. The first-order valence-corrected chi connectivity index (χ1v) is 8.10. The van der Waals surface area contributed by atoms with Gasteiger partial charge in [-0.3, -0.25) is 4.79 Å². The molecule has 1 saturated carbocycles. The molecule has 1 heterocycles. The molecule has 22 heavy (non-hydrogen) atoms. The summed E-state index contributed by atoms with van der Waals surface area (Å²) in [4.78, 5) is 12.3. The molecule has 1 aliphatic carbocycles. The number of carbonyl (C=O) groups is 1. The molecule has 0 saturated heterocycles. The van der Waals surface area contributed by atoms with Gasteiger partial charge in [-0.25, -0.2) is 0 Å². The molecule has 1 aromatic carbocycles. The quantitative estimate of drug-likeness (QED) is 0.873. The predicted octanol–water partition coefficient (Wildman–Crippen LogP) is 3.82. The maximum absolute atomic E-state index is 12.3. The Kier molecular flexibility index (Phi) is 4.66. The normalized spacial score (nSPS) is 16.4. The Hall–Kier alpha value is -1.97. The minimum absolute atomic E-state index is 0.0884. The van der Waals surface area contributed by atoms with E-state index in [0.717, 1.165) is 35.1 Å². The summed E-state index contributed by atoms with van der Waals surface area (Å²) in [5, 5.41) is 4.16. The second kappa shape index (κ2) is 6.86. The highest BCUT2D eigenvalue weighted by molar-refractivity contribution is 5.88. The van der Waals surface area contributed by atoms with Crippen LogP contribution in [0, 0.1) is 0 Å². The van der Waals surface area contributed by atoms with Crippen molar-refractivity contribution in [2.24, 2.45) is 0 Å². The number of hydrogen-bond acceptors (Lipinski definition) is 3. The Balaban J connectivity index is 1.66. The number of carbonyl (C=O) groups excluding carboxylic acids is 1. The smallest absolute Gasteiger partial charge is 0.224 e. The molecule has 0 bridgehead atoms. The van der Waals surface area contributed by atoms with Gasteiger partial charge in [0.05, 0.1) is 19.8 Å². The fourth-order valence-electron chi connectivity index (χ4n) is 3.20. The number of benzene rings is 1. The molecule has 1 N–H and O–H groups in total. The first kappa shape index (κ1) is 14.9. The summed E-state index contributed by atoms with van der Waals surface area (Å²) >= 11 is 0. The molecule has 118 valence electrons. The Morgan fingerprint density at radius 1 is 1.27 bits per heavy atom. The van der Waals surface area contributed by atoms with E-state index in [0.29, 0.717) is 12.5 Å². The van der Waals surface area contributed by atoms with Crippen molar-refractivity contribution in [1.82, 2.24) is 5.32 Å². The van der Waals surface area contributed by atoms with Crippen LogP contribution in [0.4, 0.5) is 0 Å². The van der Waals surface area contributed by atoms with Gasteiger partial charge in [0.15, 0.2) is 0 Å². The summed E-state index contributed by atoms with van der Waals surface area (Å²) in [7, 11) is 1.63. The number of nitrogens with one attached hydrogen (secondary N) is 1. The van der Waals surface area contributed by atoms with Crippen LogP contribution in [0.3, 0.4) is 0 Å². The summed E-state index contributed by atoms with van der Waals surface area (Å²) in [6, 6.07) is 6.03. The number of ether oxygens (including phenoxy) is 1. The molecule has 0 aliphatic heterocycles. The van der Waals surface area contributed by atoms with E-state index in [4.69, 9.17) is 9.15 Å². The monoisotopic (exact) mass is 301 g/mol. The van der Waals surface area contributed by atoms with E-state index in [9.17, 15) is 4.79 Å². The number of rotatable bonds is 4. The molecule has 4 heteroatoms. The molecular formula is C18H23NO3. The zero-order valence-electron chi connectivity index (χ0n) is 13.1. The molecule has 1 amide bonds. The Labute approximate surface area is 130 Å². The van der Waals surface area contributed by atoms with Gasteiger partial charge in [-0.2, -0.15) is 0 Å². The van der Waals surface area contributed by atoms with Crippen LogP contribution in [0.15, 0.2) is 28.9 Å². The number of furan rings is 1. The number of methoxy groups -OCH3 is 1. The molecular weight excluding hydrogens is 278 g/mol. The summed E-state index contributed by atoms with van der Waals surface area (Å²) in [6.07, 6.45) is 9.29. The van der Waals surface area contributed by atoms with Crippen LogP contribution in [0.2, 0.25) is 0 Å². The zero-order valence-corrected chi connectivity index (χ0v) is 13.1. The van der Waals surface area contributed by atoms with Gasteiger partial charge in [-0.05, 0) is 25.0 Å². The lowest BCUT2D eigenvalue weighted by atomic mass is 10.1. The van der Waals surface area contributed by atoms with Crippen LogP contribution < -0.4 is 10.1 Å². The van der Waals surface area contributed by atoms with Gasteiger partial charge < -0.3 is 14.5 Å². The van der Waals surface area contributed by atoms with Gasteiger partial charge in [-0.15, -0.1) is 0 Å².